The molecule has 1 N–H and O–H groups in total. The van der Waals surface area contributed by atoms with Crippen LogP contribution in [0.3, 0.4) is 0 Å². The number of alkyl halides is 2. The highest BCUT2D eigenvalue weighted by molar-refractivity contribution is 6.32. The maximum absolute atomic E-state index is 14.1. The fourth-order valence-electron chi connectivity index (χ4n) is 6.20. The van der Waals surface area contributed by atoms with E-state index in [2.05, 4.69) is 16.4 Å². The summed E-state index contributed by atoms with van der Waals surface area (Å²) in [4.78, 5) is 33.8. The van der Waals surface area contributed by atoms with E-state index in [0.717, 1.165) is 27.7 Å². The number of benzene rings is 1. The number of fused-ring (bicyclic) bond motifs is 1. The van der Waals surface area contributed by atoms with Crippen molar-refractivity contribution in [1.82, 2.24) is 29.1 Å². The van der Waals surface area contributed by atoms with Gasteiger partial charge in [-0.25, -0.2) is 18.6 Å². The van der Waals surface area contributed by atoms with Gasteiger partial charge >= 0.3 is 6.03 Å². The van der Waals surface area contributed by atoms with Crippen LogP contribution in [-0.4, -0.2) is 67.7 Å². The van der Waals surface area contributed by atoms with Crippen molar-refractivity contribution in [3.8, 4) is 6.07 Å². The number of amides is 2. The Bertz CT molecular complexity index is 1790. The molecule has 9 nitrogen and oxygen atoms in total. The summed E-state index contributed by atoms with van der Waals surface area (Å²) in [7, 11) is 0. The molecule has 1 saturated heterocycles. The first kappa shape index (κ1) is 24.3. The summed E-state index contributed by atoms with van der Waals surface area (Å²) in [6.07, 6.45) is 5.56. The van der Waals surface area contributed by atoms with Crippen molar-refractivity contribution in [2.75, 3.05) is 26.2 Å². The van der Waals surface area contributed by atoms with Crippen LogP contribution in [0.5, 0.6) is 0 Å². The minimum absolute atomic E-state index is 0.0552. The highest BCUT2D eigenvalue weighted by Gasteiger charge is 2.39. The van der Waals surface area contributed by atoms with Crippen LogP contribution >= 0.6 is 0 Å². The van der Waals surface area contributed by atoms with Crippen molar-refractivity contribution >= 4 is 39.6 Å². The lowest BCUT2D eigenvalue weighted by Gasteiger charge is -2.36. The molecule has 0 aliphatic carbocycles. The summed E-state index contributed by atoms with van der Waals surface area (Å²) in [5, 5.41) is 13.9. The molecule has 0 bridgehead atoms. The van der Waals surface area contributed by atoms with Gasteiger partial charge in [0.05, 0.1) is 53.4 Å². The van der Waals surface area contributed by atoms with Crippen LogP contribution < -0.4 is 5.32 Å². The van der Waals surface area contributed by atoms with Gasteiger partial charge in [0.1, 0.15) is 5.65 Å². The van der Waals surface area contributed by atoms with Gasteiger partial charge in [-0.1, -0.05) is 6.07 Å². The Kier molecular flexibility index (Phi) is 5.42. The van der Waals surface area contributed by atoms with Gasteiger partial charge in [0.15, 0.2) is 5.78 Å². The molecule has 4 aromatic rings. The van der Waals surface area contributed by atoms with Gasteiger partial charge in [-0.05, 0) is 36.2 Å². The monoisotopic (exact) mass is 541 g/mol. The third-order valence-corrected chi connectivity index (χ3v) is 7.98. The second kappa shape index (κ2) is 8.91. The maximum Gasteiger partial charge on any atom is 0.320 e. The number of ketones is 1. The standard InChI is InChI=1S/C29H25F2N7O2/c30-29(31)5-3-6-37(17-29)28(40)36-9-8-35-16-21(20-11-18(12-32)10-19(15-36)27(20)35)26-25(23(39)14-34-26)22-13-33-24-4-1-2-7-38(22)24/h1-2,4,7,10-11,13,16,34H,3,5-6,8-9,14-15,17H2. The lowest BCUT2D eigenvalue weighted by atomic mass is 10.00. The number of aromatic nitrogens is 3. The van der Waals surface area contributed by atoms with Gasteiger partial charge in [-0.2, -0.15) is 5.26 Å². The lowest BCUT2D eigenvalue weighted by Crippen LogP contribution is -2.51. The van der Waals surface area contributed by atoms with Crippen LogP contribution in [0, 0.1) is 11.3 Å². The Morgan fingerprint density at radius 1 is 1.15 bits per heavy atom. The number of urea groups is 1. The molecule has 3 aromatic heterocycles. The van der Waals surface area contributed by atoms with Crippen molar-refractivity contribution in [2.45, 2.75) is 31.9 Å². The molecule has 202 valence electrons. The van der Waals surface area contributed by atoms with E-state index in [1.807, 2.05) is 39.6 Å². The Labute approximate surface area is 227 Å². The molecule has 1 fully saturated rings. The van der Waals surface area contributed by atoms with Crippen LogP contribution in [0.1, 0.15) is 35.2 Å². The lowest BCUT2D eigenvalue weighted by molar-refractivity contribution is -0.112. The Balaban J connectivity index is 1.33. The van der Waals surface area contributed by atoms with Crippen molar-refractivity contribution < 1.29 is 18.4 Å². The molecule has 0 atom stereocenters. The van der Waals surface area contributed by atoms with Crippen molar-refractivity contribution in [3.05, 3.63) is 71.3 Å². The van der Waals surface area contributed by atoms with E-state index in [1.165, 1.54) is 4.90 Å². The molecule has 0 saturated carbocycles. The Morgan fingerprint density at radius 3 is 2.85 bits per heavy atom. The maximum atomic E-state index is 14.1. The normalized spacial score (nSPS) is 18.8. The summed E-state index contributed by atoms with van der Waals surface area (Å²) in [6.45, 7) is 0.831. The fraction of sp³-hybridized carbons (Fsp3) is 0.310. The number of carbonyl (C=O) groups is 2. The topological polar surface area (TPSA) is 98.7 Å². The minimum atomic E-state index is -2.88. The van der Waals surface area contributed by atoms with Gasteiger partial charge < -0.3 is 19.7 Å². The number of nitriles is 1. The van der Waals surface area contributed by atoms with Crippen LogP contribution in [0.4, 0.5) is 13.6 Å². The van der Waals surface area contributed by atoms with Crippen LogP contribution in [0.25, 0.3) is 27.8 Å². The number of imidazole rings is 1. The van der Waals surface area contributed by atoms with E-state index in [9.17, 15) is 23.6 Å². The third-order valence-electron chi connectivity index (χ3n) is 7.98. The second-order valence-electron chi connectivity index (χ2n) is 10.6. The summed E-state index contributed by atoms with van der Waals surface area (Å²) >= 11 is 0. The molecule has 2 amide bonds. The molecule has 7 rings (SSSR count). The van der Waals surface area contributed by atoms with E-state index < -0.39 is 18.5 Å². The quantitative estimate of drug-likeness (QED) is 0.416. The fourth-order valence-corrected chi connectivity index (χ4v) is 6.20. The number of likely N-dealkylation sites (tertiary alicyclic amines) is 1. The van der Waals surface area contributed by atoms with Crippen LogP contribution in [0.2, 0.25) is 0 Å². The number of piperidine rings is 1. The highest BCUT2D eigenvalue weighted by Crippen LogP contribution is 2.38. The zero-order valence-corrected chi connectivity index (χ0v) is 21.5. The number of halogens is 2. The van der Waals surface area contributed by atoms with Crippen molar-refractivity contribution in [1.29, 1.82) is 5.26 Å². The van der Waals surface area contributed by atoms with E-state index in [1.54, 1.807) is 23.2 Å². The van der Waals surface area contributed by atoms with Gasteiger partial charge in [0, 0.05) is 55.9 Å². The average molecular weight is 542 g/mol. The highest BCUT2D eigenvalue weighted by atomic mass is 19.3. The van der Waals surface area contributed by atoms with Gasteiger partial charge in [-0.3, -0.25) is 9.20 Å². The number of rotatable bonds is 2. The molecule has 0 spiro atoms. The van der Waals surface area contributed by atoms with E-state index in [-0.39, 0.29) is 31.7 Å². The molecule has 3 aliphatic rings. The molecule has 11 heteroatoms. The third kappa shape index (κ3) is 3.82. The van der Waals surface area contributed by atoms with E-state index in [0.29, 0.717) is 42.2 Å². The smallest absolute Gasteiger partial charge is 0.320 e. The van der Waals surface area contributed by atoms with E-state index >= 15 is 0 Å². The Morgan fingerprint density at radius 2 is 2.02 bits per heavy atom. The molecule has 1 aromatic carbocycles. The van der Waals surface area contributed by atoms with Crippen LogP contribution in [0.15, 0.2) is 48.9 Å². The summed E-state index contributed by atoms with van der Waals surface area (Å²) in [5.74, 6) is -2.94. The predicted octanol–water partition coefficient (Wildman–Crippen LogP) is 3.87. The molecule has 0 radical (unpaired) electrons. The first-order valence-electron chi connectivity index (χ1n) is 13.2. The summed E-state index contributed by atoms with van der Waals surface area (Å²) in [5.41, 5.74) is 5.44. The molecule has 40 heavy (non-hydrogen) atoms. The number of nitrogens with one attached hydrogen (secondary N) is 1. The first-order valence-corrected chi connectivity index (χ1v) is 13.2. The first-order chi connectivity index (χ1) is 19.3. The Hall–Kier alpha value is -4.72. The number of hydrogen-bond donors (Lipinski definition) is 1. The number of nitrogens with zero attached hydrogens (tertiary/aromatic N) is 6. The number of pyridine rings is 1. The summed E-state index contributed by atoms with van der Waals surface area (Å²) < 4.78 is 32.0. The van der Waals surface area contributed by atoms with Crippen molar-refractivity contribution in [2.24, 2.45) is 0 Å². The number of Topliss-reactive ketones (excluding diaryl/α,β-unsaturated/α-hetero) is 1. The predicted molar refractivity (Wildman–Crippen MR) is 143 cm³/mol. The van der Waals surface area contributed by atoms with E-state index in [4.69, 9.17) is 0 Å². The van der Waals surface area contributed by atoms with Gasteiger partial charge in [0.25, 0.3) is 5.92 Å². The zero-order valence-electron chi connectivity index (χ0n) is 21.5. The zero-order chi connectivity index (χ0) is 27.6. The summed E-state index contributed by atoms with van der Waals surface area (Å²) in [6, 6.07) is 11.0. The SMILES string of the molecule is N#Cc1cc2c3c(c1)c(C1=C(c4cnc5ccccn45)C(=O)CN1)cn3CCN(C(=O)N1CCCC(F)(F)C1)C2. The largest absolute Gasteiger partial charge is 0.376 e. The molecule has 3 aliphatic heterocycles. The van der Waals surface area contributed by atoms with Gasteiger partial charge in [0.2, 0.25) is 0 Å². The molecule has 0 unspecified atom stereocenters. The molecular formula is C29H25F2N7O2. The van der Waals surface area contributed by atoms with Gasteiger partial charge in [-0.15, -0.1) is 0 Å². The minimum Gasteiger partial charge on any atom is -0.376 e. The number of hydrogen-bond acceptors (Lipinski definition) is 5. The van der Waals surface area contributed by atoms with Crippen LogP contribution in [-0.2, 0) is 17.9 Å². The average Bonchev–Trinajstić information content (AvgIpc) is 3.60. The van der Waals surface area contributed by atoms with Crippen molar-refractivity contribution in [3.63, 3.8) is 0 Å². The molecular weight excluding hydrogens is 516 g/mol. The molecule has 6 heterocycles. The number of carbonyl (C=O) groups excluding carboxylic acids is 2. The second-order valence-corrected chi connectivity index (χ2v) is 10.6.